The highest BCUT2D eigenvalue weighted by Crippen LogP contribution is 2.39. The molecule has 0 saturated carbocycles. The molecule has 1 aliphatic heterocycles. The van der Waals surface area contributed by atoms with Crippen LogP contribution in [0.3, 0.4) is 0 Å². The number of hydrogen-bond acceptors (Lipinski definition) is 5. The third-order valence-electron chi connectivity index (χ3n) is 4.24. The van der Waals surface area contributed by atoms with Gasteiger partial charge < -0.3 is 24.6 Å². The van der Waals surface area contributed by atoms with Crippen molar-refractivity contribution in [3.8, 4) is 23.0 Å². The zero-order valence-electron chi connectivity index (χ0n) is 13.6. The molecule has 0 amide bonds. The monoisotopic (exact) mass is 315 g/mol. The maximum Gasteiger partial charge on any atom is 0.161 e. The Bertz CT molecular complexity index is 714. The predicted molar refractivity (Wildman–Crippen MR) is 87.8 cm³/mol. The molecule has 2 N–H and O–H groups in total. The Labute approximate surface area is 135 Å². The second-order valence-electron chi connectivity index (χ2n) is 5.47. The average Bonchev–Trinajstić information content (AvgIpc) is 2.60. The van der Waals surface area contributed by atoms with Crippen molar-refractivity contribution >= 4 is 0 Å². The fourth-order valence-electron chi connectivity index (χ4n) is 3.05. The first-order valence-corrected chi connectivity index (χ1v) is 7.53. The van der Waals surface area contributed by atoms with Gasteiger partial charge in [0.2, 0.25) is 0 Å². The summed E-state index contributed by atoms with van der Waals surface area (Å²) in [5.41, 5.74) is 3.42. The van der Waals surface area contributed by atoms with E-state index >= 15 is 0 Å². The molecule has 0 unspecified atom stereocenters. The summed E-state index contributed by atoms with van der Waals surface area (Å²) in [6.45, 7) is 0.871. The van der Waals surface area contributed by atoms with Gasteiger partial charge in [0, 0.05) is 6.54 Å². The molecule has 1 aliphatic rings. The van der Waals surface area contributed by atoms with Crippen molar-refractivity contribution in [2.24, 2.45) is 0 Å². The number of nitrogens with one attached hydrogen (secondary N) is 1. The van der Waals surface area contributed by atoms with Crippen molar-refractivity contribution in [3.63, 3.8) is 0 Å². The van der Waals surface area contributed by atoms with Crippen LogP contribution in [0.4, 0.5) is 0 Å². The molecule has 5 nitrogen and oxygen atoms in total. The molecule has 2 aromatic rings. The van der Waals surface area contributed by atoms with Gasteiger partial charge in [-0.2, -0.15) is 0 Å². The van der Waals surface area contributed by atoms with Crippen molar-refractivity contribution < 1.29 is 19.3 Å². The molecule has 1 atom stereocenters. The maximum absolute atomic E-state index is 9.80. The number of ether oxygens (including phenoxy) is 3. The van der Waals surface area contributed by atoms with Gasteiger partial charge in [0.05, 0.1) is 27.4 Å². The number of phenolic OH excluding ortho intramolecular Hbond substituents is 1. The average molecular weight is 315 g/mol. The highest BCUT2D eigenvalue weighted by molar-refractivity contribution is 5.53. The number of hydrogen-bond donors (Lipinski definition) is 2. The number of rotatable bonds is 4. The van der Waals surface area contributed by atoms with Gasteiger partial charge in [-0.1, -0.05) is 6.07 Å². The molecule has 3 rings (SSSR count). The highest BCUT2D eigenvalue weighted by Gasteiger charge is 2.24. The van der Waals surface area contributed by atoms with Crippen LogP contribution in [0.2, 0.25) is 0 Å². The molecule has 0 spiro atoms. The molecular formula is C18H21NO4. The molecule has 1 heterocycles. The Morgan fingerprint density at radius 3 is 2.35 bits per heavy atom. The Morgan fingerprint density at radius 2 is 1.65 bits per heavy atom. The molecule has 0 radical (unpaired) electrons. The van der Waals surface area contributed by atoms with E-state index in [1.807, 2.05) is 24.3 Å². The fraction of sp³-hybridized carbons (Fsp3) is 0.333. The van der Waals surface area contributed by atoms with Gasteiger partial charge in [0.25, 0.3) is 0 Å². The molecule has 2 aromatic carbocycles. The first-order valence-electron chi connectivity index (χ1n) is 7.53. The standard InChI is InChI=1S/C18H21NO4/c1-21-15-9-12(4-5-14(15)20)18-13-10-17(23-3)16(22-2)8-11(13)6-7-19-18/h4-5,8-10,18-20H,6-7H2,1-3H3/t18-/m0/s1. The van der Waals surface area contributed by atoms with Gasteiger partial charge in [-0.05, 0) is 47.4 Å². The molecule has 0 aromatic heterocycles. The zero-order chi connectivity index (χ0) is 16.4. The fourth-order valence-corrected chi connectivity index (χ4v) is 3.05. The minimum atomic E-state index is 0.0213. The van der Waals surface area contributed by atoms with Crippen molar-refractivity contribution in [3.05, 3.63) is 47.0 Å². The Hall–Kier alpha value is -2.40. The van der Waals surface area contributed by atoms with Crippen LogP contribution in [0.5, 0.6) is 23.0 Å². The lowest BCUT2D eigenvalue weighted by molar-refractivity contribution is 0.352. The maximum atomic E-state index is 9.80. The second-order valence-corrected chi connectivity index (χ2v) is 5.47. The summed E-state index contributed by atoms with van der Waals surface area (Å²) in [6.07, 6.45) is 0.932. The summed E-state index contributed by atoms with van der Waals surface area (Å²) >= 11 is 0. The summed E-state index contributed by atoms with van der Waals surface area (Å²) in [5.74, 6) is 2.07. The lowest BCUT2D eigenvalue weighted by atomic mass is 9.89. The minimum absolute atomic E-state index is 0.0213. The first kappa shape index (κ1) is 15.5. The van der Waals surface area contributed by atoms with E-state index in [4.69, 9.17) is 14.2 Å². The quantitative estimate of drug-likeness (QED) is 0.908. The van der Waals surface area contributed by atoms with Crippen LogP contribution in [0.1, 0.15) is 22.7 Å². The number of benzene rings is 2. The van der Waals surface area contributed by atoms with Crippen LogP contribution < -0.4 is 19.5 Å². The number of aromatic hydroxyl groups is 1. The van der Waals surface area contributed by atoms with Crippen LogP contribution in [-0.4, -0.2) is 33.0 Å². The van der Waals surface area contributed by atoms with Gasteiger partial charge in [-0.3, -0.25) is 0 Å². The van der Waals surface area contributed by atoms with Crippen LogP contribution in [0.15, 0.2) is 30.3 Å². The van der Waals surface area contributed by atoms with E-state index in [9.17, 15) is 5.11 Å². The predicted octanol–water partition coefficient (Wildman–Crippen LogP) is 2.65. The topological polar surface area (TPSA) is 60.0 Å². The van der Waals surface area contributed by atoms with Crippen LogP contribution >= 0.6 is 0 Å². The molecule has 122 valence electrons. The molecule has 0 bridgehead atoms. The lowest BCUT2D eigenvalue weighted by Gasteiger charge is -2.28. The van der Waals surface area contributed by atoms with E-state index in [0.717, 1.165) is 29.8 Å². The second kappa shape index (κ2) is 6.38. The van der Waals surface area contributed by atoms with E-state index in [0.29, 0.717) is 11.5 Å². The van der Waals surface area contributed by atoms with Crippen LogP contribution in [-0.2, 0) is 6.42 Å². The summed E-state index contributed by atoms with van der Waals surface area (Å²) in [5, 5.41) is 13.3. The molecule has 23 heavy (non-hydrogen) atoms. The van der Waals surface area contributed by atoms with Crippen molar-refractivity contribution in [1.82, 2.24) is 5.32 Å². The molecule has 0 aliphatic carbocycles. The van der Waals surface area contributed by atoms with Gasteiger partial charge in [-0.25, -0.2) is 0 Å². The Kier molecular flexibility index (Phi) is 4.30. The Balaban J connectivity index is 2.07. The highest BCUT2D eigenvalue weighted by atomic mass is 16.5. The number of fused-ring (bicyclic) bond motifs is 1. The van der Waals surface area contributed by atoms with Crippen molar-refractivity contribution in [2.75, 3.05) is 27.9 Å². The zero-order valence-corrected chi connectivity index (χ0v) is 13.6. The smallest absolute Gasteiger partial charge is 0.161 e. The molecule has 0 fully saturated rings. The van der Waals surface area contributed by atoms with E-state index < -0.39 is 0 Å². The van der Waals surface area contributed by atoms with Gasteiger partial charge in [0.15, 0.2) is 23.0 Å². The van der Waals surface area contributed by atoms with Crippen LogP contribution in [0.25, 0.3) is 0 Å². The number of phenols is 1. The Morgan fingerprint density at radius 1 is 0.957 bits per heavy atom. The summed E-state index contributed by atoms with van der Waals surface area (Å²) in [4.78, 5) is 0. The van der Waals surface area contributed by atoms with E-state index in [1.165, 1.54) is 5.56 Å². The van der Waals surface area contributed by atoms with E-state index in [2.05, 4.69) is 5.32 Å². The van der Waals surface area contributed by atoms with Crippen molar-refractivity contribution in [1.29, 1.82) is 0 Å². The summed E-state index contributed by atoms with van der Waals surface area (Å²) in [6, 6.07) is 9.50. The molecular weight excluding hydrogens is 294 g/mol. The van der Waals surface area contributed by atoms with Crippen LogP contribution in [0, 0.1) is 0 Å². The molecule has 0 saturated heterocycles. The minimum Gasteiger partial charge on any atom is -0.504 e. The normalized spacial score (nSPS) is 16.6. The third-order valence-corrected chi connectivity index (χ3v) is 4.24. The largest absolute Gasteiger partial charge is 0.504 e. The van der Waals surface area contributed by atoms with Gasteiger partial charge in [0.1, 0.15) is 0 Å². The van der Waals surface area contributed by atoms with Gasteiger partial charge >= 0.3 is 0 Å². The molecule has 5 heteroatoms. The SMILES string of the molecule is COc1cc([C@@H]2NCCc3cc(OC)c(OC)cc32)ccc1O. The summed E-state index contributed by atoms with van der Waals surface area (Å²) < 4.78 is 16.1. The first-order chi connectivity index (χ1) is 11.2. The third kappa shape index (κ3) is 2.80. The van der Waals surface area contributed by atoms with Gasteiger partial charge in [-0.15, -0.1) is 0 Å². The van der Waals surface area contributed by atoms with E-state index in [1.54, 1.807) is 27.4 Å². The van der Waals surface area contributed by atoms with E-state index in [-0.39, 0.29) is 11.8 Å². The summed E-state index contributed by atoms with van der Waals surface area (Å²) in [7, 11) is 4.84. The lowest BCUT2D eigenvalue weighted by Crippen LogP contribution is -2.30. The van der Waals surface area contributed by atoms with Crippen molar-refractivity contribution in [2.45, 2.75) is 12.5 Å². The number of methoxy groups -OCH3 is 3.